The first-order valence-electron chi connectivity index (χ1n) is 6.32. The Bertz CT molecular complexity index is 909. The predicted molar refractivity (Wildman–Crippen MR) is 75.6 cm³/mol. The summed E-state index contributed by atoms with van der Waals surface area (Å²) < 4.78 is 40.0. The fourth-order valence-corrected chi connectivity index (χ4v) is 2.32. The first kappa shape index (κ1) is 15.2. The molecule has 0 saturated carbocycles. The standard InChI is InChI=1S/C14H7ClF3N5/c15-13-22-11-2-1-8(14(16,17)18)3-12(11)23(13)7-10-6-20-9(4-19)5-21-10/h1-3,5-6H,7H2. The first-order valence-corrected chi connectivity index (χ1v) is 6.70. The van der Waals surface area contributed by atoms with Gasteiger partial charge in [0.2, 0.25) is 5.28 Å². The minimum atomic E-state index is -4.45. The summed E-state index contributed by atoms with van der Waals surface area (Å²) in [6.45, 7) is 0.0926. The molecule has 0 aliphatic rings. The van der Waals surface area contributed by atoms with Crippen LogP contribution >= 0.6 is 11.6 Å². The topological polar surface area (TPSA) is 67.4 Å². The third-order valence-corrected chi connectivity index (χ3v) is 3.46. The van der Waals surface area contributed by atoms with Crippen molar-refractivity contribution in [2.75, 3.05) is 0 Å². The van der Waals surface area contributed by atoms with E-state index in [0.717, 1.165) is 12.1 Å². The van der Waals surface area contributed by atoms with E-state index in [1.165, 1.54) is 23.0 Å². The van der Waals surface area contributed by atoms with Crippen molar-refractivity contribution in [1.29, 1.82) is 5.26 Å². The van der Waals surface area contributed by atoms with Gasteiger partial charge in [-0.25, -0.2) is 9.97 Å². The Morgan fingerprint density at radius 2 is 2.00 bits per heavy atom. The molecule has 0 radical (unpaired) electrons. The number of nitrogens with zero attached hydrogens (tertiary/aromatic N) is 5. The van der Waals surface area contributed by atoms with Crippen LogP contribution in [0.15, 0.2) is 30.6 Å². The number of fused-ring (bicyclic) bond motifs is 1. The lowest BCUT2D eigenvalue weighted by Gasteiger charge is -2.08. The van der Waals surface area contributed by atoms with Crippen LogP contribution in [0.2, 0.25) is 5.28 Å². The third-order valence-electron chi connectivity index (χ3n) is 3.17. The van der Waals surface area contributed by atoms with Crippen LogP contribution in [-0.2, 0) is 12.7 Å². The highest BCUT2D eigenvalue weighted by Crippen LogP contribution is 2.32. The molecule has 23 heavy (non-hydrogen) atoms. The van der Waals surface area contributed by atoms with Crippen molar-refractivity contribution in [2.45, 2.75) is 12.7 Å². The van der Waals surface area contributed by atoms with Gasteiger partial charge >= 0.3 is 6.18 Å². The Hall–Kier alpha value is -2.66. The van der Waals surface area contributed by atoms with Gasteiger partial charge in [0.1, 0.15) is 6.07 Å². The quantitative estimate of drug-likeness (QED) is 0.718. The van der Waals surface area contributed by atoms with Crippen LogP contribution in [0.5, 0.6) is 0 Å². The first-order chi connectivity index (χ1) is 10.9. The summed E-state index contributed by atoms with van der Waals surface area (Å²) in [7, 11) is 0. The van der Waals surface area contributed by atoms with E-state index in [2.05, 4.69) is 15.0 Å². The van der Waals surface area contributed by atoms with Crippen LogP contribution < -0.4 is 0 Å². The Kier molecular flexibility index (Phi) is 3.66. The Morgan fingerprint density at radius 1 is 1.22 bits per heavy atom. The molecule has 0 N–H and O–H groups in total. The van der Waals surface area contributed by atoms with Gasteiger partial charge in [-0.05, 0) is 29.8 Å². The normalized spacial score (nSPS) is 11.6. The zero-order chi connectivity index (χ0) is 16.6. The summed E-state index contributed by atoms with van der Waals surface area (Å²) in [6, 6.07) is 5.05. The molecule has 0 bridgehead atoms. The highest BCUT2D eigenvalue weighted by Gasteiger charge is 2.31. The molecule has 0 fully saturated rings. The maximum absolute atomic E-state index is 12.8. The molecule has 0 unspecified atom stereocenters. The van der Waals surface area contributed by atoms with Crippen molar-refractivity contribution in [1.82, 2.24) is 19.5 Å². The van der Waals surface area contributed by atoms with Gasteiger partial charge in [-0.1, -0.05) is 0 Å². The van der Waals surface area contributed by atoms with Gasteiger partial charge in [0, 0.05) is 0 Å². The molecule has 5 nitrogen and oxygen atoms in total. The van der Waals surface area contributed by atoms with Crippen LogP contribution in [0.4, 0.5) is 13.2 Å². The molecule has 3 aromatic rings. The zero-order valence-electron chi connectivity index (χ0n) is 11.3. The van der Waals surface area contributed by atoms with Crippen molar-refractivity contribution < 1.29 is 13.2 Å². The molecular formula is C14H7ClF3N5. The summed E-state index contributed by atoms with van der Waals surface area (Å²) in [5, 5.41) is 8.73. The van der Waals surface area contributed by atoms with Crippen molar-refractivity contribution in [3.63, 3.8) is 0 Å². The molecule has 0 amide bonds. The molecule has 3 rings (SSSR count). The van der Waals surface area contributed by atoms with Gasteiger partial charge < -0.3 is 4.57 Å². The minimum Gasteiger partial charge on any atom is -0.308 e. The van der Waals surface area contributed by atoms with E-state index in [1.54, 1.807) is 0 Å². The van der Waals surface area contributed by atoms with E-state index in [4.69, 9.17) is 16.9 Å². The lowest BCUT2D eigenvalue weighted by Crippen LogP contribution is -2.06. The number of benzene rings is 1. The Labute approximate surface area is 133 Å². The van der Waals surface area contributed by atoms with Crippen LogP contribution in [0.3, 0.4) is 0 Å². The van der Waals surface area contributed by atoms with E-state index in [1.807, 2.05) is 6.07 Å². The smallest absolute Gasteiger partial charge is 0.308 e. The second kappa shape index (κ2) is 5.52. The number of hydrogen-bond donors (Lipinski definition) is 0. The van der Waals surface area contributed by atoms with Crippen LogP contribution in [0.25, 0.3) is 11.0 Å². The highest BCUT2D eigenvalue weighted by atomic mass is 35.5. The lowest BCUT2D eigenvalue weighted by molar-refractivity contribution is -0.137. The molecule has 2 heterocycles. The predicted octanol–water partition coefficient (Wildman–Crippen LogP) is 3.42. The number of imidazole rings is 1. The number of alkyl halides is 3. The molecule has 1 aromatic carbocycles. The van der Waals surface area contributed by atoms with Crippen LogP contribution in [0, 0.1) is 11.3 Å². The van der Waals surface area contributed by atoms with Gasteiger partial charge in [0.05, 0.1) is 41.2 Å². The molecule has 0 atom stereocenters. The Morgan fingerprint density at radius 3 is 2.61 bits per heavy atom. The van der Waals surface area contributed by atoms with E-state index in [9.17, 15) is 13.2 Å². The average Bonchev–Trinajstić information content (AvgIpc) is 2.82. The SMILES string of the molecule is N#Cc1cnc(Cn2c(Cl)nc3ccc(C(F)(F)F)cc32)cn1. The number of hydrogen-bond acceptors (Lipinski definition) is 4. The van der Waals surface area contributed by atoms with E-state index >= 15 is 0 Å². The van der Waals surface area contributed by atoms with Gasteiger partial charge in [0.25, 0.3) is 0 Å². The molecule has 0 spiro atoms. The molecule has 9 heteroatoms. The minimum absolute atomic E-state index is 0.0467. The van der Waals surface area contributed by atoms with Crippen LogP contribution in [0.1, 0.15) is 17.0 Å². The van der Waals surface area contributed by atoms with Crippen molar-refractivity contribution in [2.24, 2.45) is 0 Å². The fraction of sp³-hybridized carbons (Fsp3) is 0.143. The monoisotopic (exact) mass is 337 g/mol. The largest absolute Gasteiger partial charge is 0.416 e. The number of aromatic nitrogens is 4. The van der Waals surface area contributed by atoms with Crippen molar-refractivity contribution in [3.8, 4) is 6.07 Å². The molecular weight excluding hydrogens is 331 g/mol. The lowest BCUT2D eigenvalue weighted by atomic mass is 10.2. The molecule has 2 aromatic heterocycles. The second-order valence-electron chi connectivity index (χ2n) is 4.67. The molecule has 0 saturated heterocycles. The molecule has 0 aliphatic carbocycles. The summed E-state index contributed by atoms with van der Waals surface area (Å²) in [5.74, 6) is 0. The number of nitriles is 1. The third kappa shape index (κ3) is 2.96. The summed E-state index contributed by atoms with van der Waals surface area (Å²) in [4.78, 5) is 11.9. The fourth-order valence-electron chi connectivity index (χ4n) is 2.08. The van der Waals surface area contributed by atoms with E-state index in [-0.39, 0.29) is 23.0 Å². The number of halogens is 4. The van der Waals surface area contributed by atoms with Gasteiger partial charge in [-0.2, -0.15) is 18.4 Å². The van der Waals surface area contributed by atoms with Crippen LogP contribution in [-0.4, -0.2) is 19.5 Å². The Balaban J connectivity index is 2.05. The van der Waals surface area contributed by atoms with Crippen molar-refractivity contribution in [3.05, 3.63) is 52.8 Å². The average molecular weight is 338 g/mol. The maximum Gasteiger partial charge on any atom is 0.416 e. The molecule has 0 aliphatic heterocycles. The maximum atomic E-state index is 12.8. The van der Waals surface area contributed by atoms with E-state index in [0.29, 0.717) is 11.2 Å². The molecule has 116 valence electrons. The summed E-state index contributed by atoms with van der Waals surface area (Å²) in [5.41, 5.74) is 0.409. The summed E-state index contributed by atoms with van der Waals surface area (Å²) >= 11 is 6.01. The van der Waals surface area contributed by atoms with Gasteiger partial charge in [-0.15, -0.1) is 0 Å². The van der Waals surface area contributed by atoms with Gasteiger partial charge in [0.15, 0.2) is 5.69 Å². The van der Waals surface area contributed by atoms with Crippen molar-refractivity contribution >= 4 is 22.6 Å². The highest BCUT2D eigenvalue weighted by molar-refractivity contribution is 6.29. The number of rotatable bonds is 2. The van der Waals surface area contributed by atoms with Gasteiger partial charge in [-0.3, -0.25) is 4.98 Å². The summed E-state index contributed by atoms with van der Waals surface area (Å²) in [6.07, 6.45) is -1.80. The second-order valence-corrected chi connectivity index (χ2v) is 5.01. The zero-order valence-corrected chi connectivity index (χ0v) is 12.1. The van der Waals surface area contributed by atoms with E-state index < -0.39 is 11.7 Å².